The molecule has 1 aromatic rings. The molecule has 1 atom stereocenters. The van der Waals surface area contributed by atoms with Gasteiger partial charge in [0, 0.05) is 6.54 Å². The number of aromatic nitrogens is 2. The molecule has 0 fully saturated rings. The van der Waals surface area contributed by atoms with Gasteiger partial charge < -0.3 is 10.4 Å². The topological polar surface area (TPSA) is 81.8 Å². The molecule has 0 saturated heterocycles. The Morgan fingerprint density at radius 3 is 2.45 bits per heavy atom. The molecule has 1 unspecified atom stereocenters. The normalized spacial score (nSPS) is 12.2. The van der Waals surface area contributed by atoms with Crippen LogP contribution in [0, 0.1) is 17.2 Å². The van der Waals surface area contributed by atoms with E-state index in [4.69, 9.17) is 0 Å². The van der Waals surface area contributed by atoms with Crippen molar-refractivity contribution in [1.82, 2.24) is 10.2 Å². The average molecular weight is 276 g/mol. The van der Waals surface area contributed by atoms with Gasteiger partial charge in [-0.15, -0.1) is 5.10 Å². The number of hydrogen-bond acceptors (Lipinski definition) is 5. The molecule has 2 N–H and O–H groups in total. The molecule has 1 rings (SSSR count). The zero-order valence-corrected chi connectivity index (χ0v) is 12.8. The van der Waals surface area contributed by atoms with Crippen LogP contribution < -0.4 is 5.32 Å². The predicted octanol–water partition coefficient (Wildman–Crippen LogP) is 2.29. The first-order valence-electron chi connectivity index (χ1n) is 7.23. The third-order valence-electron chi connectivity index (χ3n) is 3.21. The Morgan fingerprint density at radius 2 is 1.95 bits per heavy atom. The van der Waals surface area contributed by atoms with Crippen LogP contribution >= 0.6 is 0 Å². The molecule has 0 radical (unpaired) electrons. The Hall–Kier alpha value is -1.67. The highest BCUT2D eigenvalue weighted by molar-refractivity contribution is 5.56. The van der Waals surface area contributed by atoms with Gasteiger partial charge >= 0.3 is 0 Å². The quantitative estimate of drug-likeness (QED) is 0.798. The molecule has 5 heteroatoms. The number of nitrogens with zero attached hydrogens (tertiary/aromatic N) is 3. The summed E-state index contributed by atoms with van der Waals surface area (Å²) in [7, 11) is 0. The highest BCUT2D eigenvalue weighted by Gasteiger charge is 2.15. The van der Waals surface area contributed by atoms with E-state index in [2.05, 4.69) is 35.4 Å². The van der Waals surface area contributed by atoms with Gasteiger partial charge in [-0.25, -0.2) is 0 Å². The van der Waals surface area contributed by atoms with Gasteiger partial charge in [0.25, 0.3) is 0 Å². The van der Waals surface area contributed by atoms with Gasteiger partial charge in [0.1, 0.15) is 11.6 Å². The third kappa shape index (κ3) is 4.17. The van der Waals surface area contributed by atoms with Gasteiger partial charge in [-0.1, -0.05) is 27.7 Å². The number of rotatable bonds is 7. The van der Waals surface area contributed by atoms with Gasteiger partial charge in [-0.05, 0) is 30.7 Å². The standard InChI is InChI=1S/C15H24N4O/c1-5-12-13(8-16)15(19-18-14(12)6-2)17-9-11(20)7-10(3)4/h10-11,20H,5-7,9H2,1-4H3,(H,17,19). The summed E-state index contributed by atoms with van der Waals surface area (Å²) < 4.78 is 0. The molecule has 110 valence electrons. The molecule has 1 heterocycles. The molecular weight excluding hydrogens is 252 g/mol. The van der Waals surface area contributed by atoms with Crippen molar-refractivity contribution in [3.05, 3.63) is 16.8 Å². The van der Waals surface area contributed by atoms with Crippen LogP contribution in [0.15, 0.2) is 0 Å². The van der Waals surface area contributed by atoms with Crippen LogP contribution in [-0.2, 0) is 12.8 Å². The number of aliphatic hydroxyl groups is 1. The summed E-state index contributed by atoms with van der Waals surface area (Å²) in [6.45, 7) is 8.53. The van der Waals surface area contributed by atoms with Gasteiger partial charge in [0.15, 0.2) is 5.82 Å². The third-order valence-corrected chi connectivity index (χ3v) is 3.21. The zero-order chi connectivity index (χ0) is 15.1. The largest absolute Gasteiger partial charge is 0.391 e. The molecule has 20 heavy (non-hydrogen) atoms. The van der Waals surface area contributed by atoms with Crippen molar-refractivity contribution in [1.29, 1.82) is 5.26 Å². The summed E-state index contributed by atoms with van der Waals surface area (Å²) in [4.78, 5) is 0. The molecule has 1 aromatic heterocycles. The molecule has 0 saturated carbocycles. The fourth-order valence-electron chi connectivity index (χ4n) is 2.26. The second-order valence-corrected chi connectivity index (χ2v) is 5.33. The molecule has 0 amide bonds. The van der Waals surface area contributed by atoms with Crippen molar-refractivity contribution in [2.45, 2.75) is 53.1 Å². The smallest absolute Gasteiger partial charge is 0.167 e. The maximum atomic E-state index is 9.88. The van der Waals surface area contributed by atoms with E-state index in [-0.39, 0.29) is 0 Å². The first-order valence-corrected chi connectivity index (χ1v) is 7.23. The second kappa shape index (κ2) is 7.81. The minimum absolute atomic E-state index is 0.385. The Morgan fingerprint density at radius 1 is 1.25 bits per heavy atom. The monoisotopic (exact) mass is 276 g/mol. The van der Waals surface area contributed by atoms with Crippen LogP contribution in [-0.4, -0.2) is 28.0 Å². The fraction of sp³-hybridized carbons (Fsp3) is 0.667. The lowest BCUT2D eigenvalue weighted by Gasteiger charge is -2.16. The van der Waals surface area contributed by atoms with Crippen molar-refractivity contribution in [2.24, 2.45) is 5.92 Å². The second-order valence-electron chi connectivity index (χ2n) is 5.33. The first kappa shape index (κ1) is 16.4. The van der Waals surface area contributed by atoms with E-state index in [1.54, 1.807) is 0 Å². The van der Waals surface area contributed by atoms with Crippen LogP contribution in [0.25, 0.3) is 0 Å². The summed E-state index contributed by atoms with van der Waals surface area (Å²) in [5.41, 5.74) is 2.37. The minimum Gasteiger partial charge on any atom is -0.391 e. The number of anilines is 1. The number of nitriles is 1. The van der Waals surface area contributed by atoms with Crippen LogP contribution in [0.2, 0.25) is 0 Å². The Kier molecular flexibility index (Phi) is 6.40. The van der Waals surface area contributed by atoms with E-state index in [1.807, 2.05) is 13.8 Å². The van der Waals surface area contributed by atoms with Gasteiger partial charge in [0.2, 0.25) is 0 Å². The summed E-state index contributed by atoms with van der Waals surface area (Å²) >= 11 is 0. The van der Waals surface area contributed by atoms with Crippen LogP contribution in [0.3, 0.4) is 0 Å². The zero-order valence-electron chi connectivity index (χ0n) is 12.8. The first-order chi connectivity index (χ1) is 9.53. The number of aliphatic hydroxyl groups excluding tert-OH is 1. The maximum Gasteiger partial charge on any atom is 0.167 e. The van der Waals surface area contributed by atoms with E-state index >= 15 is 0 Å². The van der Waals surface area contributed by atoms with Crippen LogP contribution in [0.5, 0.6) is 0 Å². The Balaban J connectivity index is 2.88. The Bertz CT molecular complexity index is 479. The molecule has 0 aliphatic carbocycles. The maximum absolute atomic E-state index is 9.88. The molecular formula is C15H24N4O. The van der Waals surface area contributed by atoms with Crippen LogP contribution in [0.4, 0.5) is 5.82 Å². The van der Waals surface area contributed by atoms with E-state index in [1.165, 1.54) is 0 Å². The van der Waals surface area contributed by atoms with E-state index < -0.39 is 6.10 Å². The van der Waals surface area contributed by atoms with Gasteiger partial charge in [-0.2, -0.15) is 10.4 Å². The summed E-state index contributed by atoms with van der Waals surface area (Å²) in [6, 6.07) is 2.21. The molecule has 0 spiro atoms. The van der Waals surface area contributed by atoms with E-state index in [0.717, 1.165) is 30.5 Å². The van der Waals surface area contributed by atoms with E-state index in [9.17, 15) is 10.4 Å². The molecule has 0 aromatic carbocycles. The van der Waals surface area contributed by atoms with Crippen molar-refractivity contribution in [3.63, 3.8) is 0 Å². The highest BCUT2D eigenvalue weighted by atomic mass is 16.3. The SMILES string of the molecule is CCc1nnc(NCC(O)CC(C)C)c(C#N)c1CC. The minimum atomic E-state index is -0.445. The number of hydrogen-bond donors (Lipinski definition) is 2. The van der Waals surface area contributed by atoms with Gasteiger partial charge in [-0.3, -0.25) is 0 Å². The number of aryl methyl sites for hydroxylation is 1. The fourth-order valence-corrected chi connectivity index (χ4v) is 2.26. The summed E-state index contributed by atoms with van der Waals surface area (Å²) in [5, 5.41) is 30.5. The highest BCUT2D eigenvalue weighted by Crippen LogP contribution is 2.20. The molecule has 0 aliphatic rings. The summed E-state index contributed by atoms with van der Waals surface area (Å²) in [6.07, 6.45) is 1.79. The molecule has 0 bridgehead atoms. The van der Waals surface area contributed by atoms with Crippen molar-refractivity contribution < 1.29 is 5.11 Å². The predicted molar refractivity (Wildman–Crippen MR) is 79.5 cm³/mol. The lowest BCUT2D eigenvalue weighted by Crippen LogP contribution is -2.22. The average Bonchev–Trinajstić information content (AvgIpc) is 2.42. The molecule has 5 nitrogen and oxygen atoms in total. The molecule has 0 aliphatic heterocycles. The number of nitrogens with one attached hydrogen (secondary N) is 1. The van der Waals surface area contributed by atoms with E-state index in [0.29, 0.717) is 23.8 Å². The lowest BCUT2D eigenvalue weighted by atomic mass is 10.0. The summed E-state index contributed by atoms with van der Waals surface area (Å²) in [5.74, 6) is 0.909. The van der Waals surface area contributed by atoms with Crippen molar-refractivity contribution >= 4 is 5.82 Å². The van der Waals surface area contributed by atoms with Crippen LogP contribution in [0.1, 0.15) is 50.9 Å². The van der Waals surface area contributed by atoms with Crippen molar-refractivity contribution in [2.75, 3.05) is 11.9 Å². The Labute approximate surface area is 121 Å². The van der Waals surface area contributed by atoms with Gasteiger partial charge in [0.05, 0.1) is 11.8 Å². The van der Waals surface area contributed by atoms with Crippen molar-refractivity contribution in [3.8, 4) is 6.07 Å². The lowest BCUT2D eigenvalue weighted by molar-refractivity contribution is 0.161.